The molecule has 114 valence electrons. The minimum absolute atomic E-state index is 0.0313. The molecule has 0 fully saturated rings. The third kappa shape index (κ3) is 3.73. The minimum atomic E-state index is -3.51. The van der Waals surface area contributed by atoms with Gasteiger partial charge in [0.15, 0.2) is 0 Å². The summed E-state index contributed by atoms with van der Waals surface area (Å²) >= 11 is 0. The number of benzene rings is 1. The zero-order valence-corrected chi connectivity index (χ0v) is 13.7. The molecule has 0 unspecified atom stereocenters. The van der Waals surface area contributed by atoms with E-state index in [0.717, 1.165) is 24.8 Å². The number of nitrogens with one attached hydrogen (secondary N) is 1. The van der Waals surface area contributed by atoms with E-state index < -0.39 is 10.0 Å². The van der Waals surface area contributed by atoms with E-state index in [1.165, 1.54) is 0 Å². The zero-order valence-electron chi connectivity index (χ0n) is 12.9. The first-order valence-corrected chi connectivity index (χ1v) is 8.81. The standard InChI is InChI=1S/C15H26N2O2S/c1-5-11-9-14(16)13(8-4)15(10-11)20(18,19)17-12(6-2)7-3/h9-10,12,17H,5-8,16H2,1-4H3. The second-order valence-corrected chi connectivity index (χ2v) is 6.69. The van der Waals surface area contributed by atoms with E-state index in [4.69, 9.17) is 5.73 Å². The minimum Gasteiger partial charge on any atom is -0.398 e. The summed E-state index contributed by atoms with van der Waals surface area (Å²) in [7, 11) is -3.51. The van der Waals surface area contributed by atoms with Crippen LogP contribution in [-0.4, -0.2) is 14.5 Å². The smallest absolute Gasteiger partial charge is 0.241 e. The lowest BCUT2D eigenvalue weighted by molar-refractivity contribution is 0.529. The van der Waals surface area contributed by atoms with Gasteiger partial charge in [0.25, 0.3) is 0 Å². The van der Waals surface area contributed by atoms with Gasteiger partial charge < -0.3 is 5.73 Å². The molecule has 0 saturated heterocycles. The molecule has 0 saturated carbocycles. The Balaban J connectivity index is 3.32. The molecule has 5 heteroatoms. The average molecular weight is 298 g/mol. The van der Waals surface area contributed by atoms with Gasteiger partial charge in [-0.3, -0.25) is 0 Å². The number of nitrogen functional groups attached to an aromatic ring is 1. The highest BCUT2D eigenvalue weighted by Gasteiger charge is 2.22. The third-order valence-electron chi connectivity index (χ3n) is 3.66. The van der Waals surface area contributed by atoms with Crippen molar-refractivity contribution in [1.29, 1.82) is 0 Å². The van der Waals surface area contributed by atoms with Crippen LogP contribution >= 0.6 is 0 Å². The van der Waals surface area contributed by atoms with Crippen molar-refractivity contribution in [3.05, 3.63) is 23.3 Å². The number of sulfonamides is 1. The molecular formula is C15H26N2O2S. The summed E-state index contributed by atoms with van der Waals surface area (Å²) in [5.74, 6) is 0. The lowest BCUT2D eigenvalue weighted by Crippen LogP contribution is -2.34. The predicted octanol–water partition coefficient (Wildman–Crippen LogP) is 2.86. The van der Waals surface area contributed by atoms with E-state index in [1.54, 1.807) is 6.07 Å². The number of nitrogens with two attached hydrogens (primary N) is 1. The molecule has 3 N–H and O–H groups in total. The van der Waals surface area contributed by atoms with Crippen molar-refractivity contribution in [2.45, 2.75) is 64.3 Å². The summed E-state index contributed by atoms with van der Waals surface area (Å²) in [5, 5.41) is 0. The van der Waals surface area contributed by atoms with Gasteiger partial charge in [-0.25, -0.2) is 13.1 Å². The van der Waals surface area contributed by atoms with Crippen molar-refractivity contribution < 1.29 is 8.42 Å². The van der Waals surface area contributed by atoms with Crippen LogP contribution in [0, 0.1) is 0 Å². The molecular weight excluding hydrogens is 272 g/mol. The highest BCUT2D eigenvalue weighted by Crippen LogP contribution is 2.25. The van der Waals surface area contributed by atoms with Gasteiger partial charge in [-0.1, -0.05) is 27.7 Å². The van der Waals surface area contributed by atoms with E-state index in [0.29, 0.717) is 22.6 Å². The summed E-state index contributed by atoms with van der Waals surface area (Å²) in [5.41, 5.74) is 8.23. The number of rotatable bonds is 7. The third-order valence-corrected chi connectivity index (χ3v) is 5.25. The lowest BCUT2D eigenvalue weighted by Gasteiger charge is -2.18. The van der Waals surface area contributed by atoms with Gasteiger partial charge in [-0.15, -0.1) is 0 Å². The monoisotopic (exact) mass is 298 g/mol. The summed E-state index contributed by atoms with van der Waals surface area (Å²) < 4.78 is 28.0. The van der Waals surface area contributed by atoms with Crippen LogP contribution < -0.4 is 10.5 Å². The number of anilines is 1. The quantitative estimate of drug-likeness (QED) is 0.760. The summed E-state index contributed by atoms with van der Waals surface area (Å²) in [6, 6.07) is 3.59. The van der Waals surface area contributed by atoms with Gasteiger partial charge in [0, 0.05) is 11.7 Å². The largest absolute Gasteiger partial charge is 0.398 e. The van der Waals surface area contributed by atoms with Crippen molar-refractivity contribution in [2.24, 2.45) is 0 Å². The van der Waals surface area contributed by atoms with Gasteiger partial charge in [0.2, 0.25) is 10.0 Å². The highest BCUT2D eigenvalue weighted by molar-refractivity contribution is 7.89. The maximum atomic E-state index is 12.6. The van der Waals surface area contributed by atoms with Crippen LogP contribution in [0.4, 0.5) is 5.69 Å². The molecule has 0 amide bonds. The van der Waals surface area contributed by atoms with Gasteiger partial charge in [-0.05, 0) is 48.9 Å². The normalized spacial score (nSPS) is 12.1. The van der Waals surface area contributed by atoms with Crippen molar-refractivity contribution in [3.63, 3.8) is 0 Å². The van der Waals surface area contributed by atoms with Gasteiger partial charge >= 0.3 is 0 Å². The van der Waals surface area contributed by atoms with E-state index >= 15 is 0 Å². The number of hydrogen-bond donors (Lipinski definition) is 2. The fraction of sp³-hybridized carbons (Fsp3) is 0.600. The molecule has 20 heavy (non-hydrogen) atoms. The molecule has 0 radical (unpaired) electrons. The average Bonchev–Trinajstić information content (AvgIpc) is 2.43. The molecule has 0 aliphatic rings. The SMILES string of the molecule is CCc1cc(N)c(CC)c(S(=O)(=O)NC(CC)CC)c1. The molecule has 0 aliphatic carbocycles. The van der Waals surface area contributed by atoms with Crippen LogP contribution in [0.15, 0.2) is 17.0 Å². The van der Waals surface area contributed by atoms with E-state index in [2.05, 4.69) is 4.72 Å². The second kappa shape index (κ2) is 7.09. The lowest BCUT2D eigenvalue weighted by atomic mass is 10.1. The van der Waals surface area contributed by atoms with Crippen LogP contribution in [0.1, 0.15) is 51.7 Å². The van der Waals surface area contributed by atoms with Crippen molar-refractivity contribution in [1.82, 2.24) is 4.72 Å². The molecule has 0 heterocycles. The number of hydrogen-bond acceptors (Lipinski definition) is 3. The Bertz CT molecular complexity index is 549. The molecule has 0 aromatic heterocycles. The summed E-state index contributed by atoms with van der Waals surface area (Å²) in [4.78, 5) is 0.337. The molecule has 0 aliphatic heterocycles. The Kier molecular flexibility index (Phi) is 6.02. The molecule has 0 bridgehead atoms. The highest BCUT2D eigenvalue weighted by atomic mass is 32.2. The van der Waals surface area contributed by atoms with Crippen LogP contribution in [0.5, 0.6) is 0 Å². The fourth-order valence-corrected chi connectivity index (χ4v) is 4.08. The molecule has 0 spiro atoms. The van der Waals surface area contributed by atoms with Crippen molar-refractivity contribution >= 4 is 15.7 Å². The first kappa shape index (κ1) is 17.0. The Labute approximate surface area is 122 Å². The molecule has 1 aromatic rings. The van der Waals surface area contributed by atoms with E-state index in [1.807, 2.05) is 33.8 Å². The van der Waals surface area contributed by atoms with Gasteiger partial charge in [0.05, 0.1) is 4.90 Å². The van der Waals surface area contributed by atoms with Crippen LogP contribution in [0.2, 0.25) is 0 Å². The van der Waals surface area contributed by atoms with Crippen LogP contribution in [0.25, 0.3) is 0 Å². The summed E-state index contributed by atoms with van der Waals surface area (Å²) in [6.45, 7) is 7.88. The zero-order chi connectivity index (χ0) is 15.3. The number of aryl methyl sites for hydroxylation is 1. The Morgan fingerprint density at radius 1 is 1.10 bits per heavy atom. The van der Waals surface area contributed by atoms with E-state index in [-0.39, 0.29) is 6.04 Å². The summed E-state index contributed by atoms with van der Waals surface area (Å²) in [6.07, 6.45) is 2.93. The van der Waals surface area contributed by atoms with E-state index in [9.17, 15) is 8.42 Å². The Hall–Kier alpha value is -1.07. The Morgan fingerprint density at radius 2 is 1.70 bits per heavy atom. The molecule has 0 atom stereocenters. The molecule has 1 aromatic carbocycles. The topological polar surface area (TPSA) is 72.2 Å². The van der Waals surface area contributed by atoms with Crippen molar-refractivity contribution in [2.75, 3.05) is 5.73 Å². The Morgan fingerprint density at radius 3 is 2.15 bits per heavy atom. The second-order valence-electron chi connectivity index (χ2n) is 5.00. The van der Waals surface area contributed by atoms with Gasteiger partial charge in [0.1, 0.15) is 0 Å². The molecule has 1 rings (SSSR count). The molecule has 4 nitrogen and oxygen atoms in total. The maximum Gasteiger partial charge on any atom is 0.241 e. The van der Waals surface area contributed by atoms with Crippen molar-refractivity contribution in [3.8, 4) is 0 Å². The fourth-order valence-electron chi connectivity index (χ4n) is 2.29. The van der Waals surface area contributed by atoms with Gasteiger partial charge in [-0.2, -0.15) is 0 Å². The first-order chi connectivity index (χ1) is 9.39. The maximum absolute atomic E-state index is 12.6. The first-order valence-electron chi connectivity index (χ1n) is 7.33. The van der Waals surface area contributed by atoms with Crippen LogP contribution in [-0.2, 0) is 22.9 Å². The van der Waals surface area contributed by atoms with Crippen LogP contribution in [0.3, 0.4) is 0 Å². The predicted molar refractivity (Wildman–Crippen MR) is 84.3 cm³/mol.